The first-order chi connectivity index (χ1) is 11.0. The molecule has 0 aliphatic carbocycles. The molecule has 5 nitrogen and oxygen atoms in total. The Labute approximate surface area is 140 Å². The second kappa shape index (κ2) is 7.74. The Morgan fingerprint density at radius 1 is 1.00 bits per heavy atom. The van der Waals surface area contributed by atoms with Crippen LogP contribution in [0.5, 0.6) is 11.5 Å². The summed E-state index contributed by atoms with van der Waals surface area (Å²) in [5.74, 6) is 1.08. The van der Waals surface area contributed by atoms with Crippen molar-refractivity contribution in [3.8, 4) is 11.5 Å². The van der Waals surface area contributed by atoms with E-state index in [0.29, 0.717) is 22.2 Å². The maximum Gasteiger partial charge on any atom is 0.246 e. The third kappa shape index (κ3) is 4.53. The van der Waals surface area contributed by atoms with Gasteiger partial charge in [0.25, 0.3) is 0 Å². The average Bonchev–Trinajstić information content (AvgIpc) is 2.56. The molecule has 2 N–H and O–H groups in total. The first-order valence-corrected chi connectivity index (χ1v) is 7.46. The lowest BCUT2D eigenvalue weighted by molar-refractivity contribution is -0.116. The Morgan fingerprint density at radius 2 is 1.61 bits per heavy atom. The van der Waals surface area contributed by atoms with Crippen LogP contribution in [-0.4, -0.2) is 26.2 Å². The third-order valence-corrected chi connectivity index (χ3v) is 3.52. The average molecular weight is 335 g/mol. The van der Waals surface area contributed by atoms with Gasteiger partial charge in [0.05, 0.1) is 14.2 Å². The molecule has 6 heteroatoms. The number of carbonyl (C=O) groups is 1. The Morgan fingerprint density at radius 3 is 2.22 bits per heavy atom. The minimum absolute atomic E-state index is 0.151. The summed E-state index contributed by atoms with van der Waals surface area (Å²) in [5, 5.41) is 6.57. The minimum Gasteiger partial charge on any atom is -0.493 e. The maximum absolute atomic E-state index is 12.2. The largest absolute Gasteiger partial charge is 0.493 e. The molecule has 0 spiro atoms. The molecule has 122 valence electrons. The van der Waals surface area contributed by atoms with Gasteiger partial charge in [-0.05, 0) is 43.3 Å². The molecule has 0 unspecified atom stereocenters. The molecule has 2 aromatic rings. The van der Waals surface area contributed by atoms with Gasteiger partial charge < -0.3 is 20.1 Å². The zero-order chi connectivity index (χ0) is 16.8. The van der Waals surface area contributed by atoms with E-state index in [9.17, 15) is 4.79 Å². The Balaban J connectivity index is 2.01. The Kier molecular flexibility index (Phi) is 5.71. The highest BCUT2D eigenvalue weighted by Gasteiger charge is 2.14. The fraction of sp³-hybridized carbons (Fsp3) is 0.235. The van der Waals surface area contributed by atoms with E-state index in [0.717, 1.165) is 5.69 Å². The van der Waals surface area contributed by atoms with Crippen LogP contribution >= 0.6 is 11.6 Å². The Hall–Kier alpha value is -2.40. The summed E-state index contributed by atoms with van der Waals surface area (Å²) >= 11 is 5.82. The number of hydrogen-bond acceptors (Lipinski definition) is 4. The summed E-state index contributed by atoms with van der Waals surface area (Å²) in [6.07, 6.45) is 0. The van der Waals surface area contributed by atoms with E-state index in [-0.39, 0.29) is 5.91 Å². The van der Waals surface area contributed by atoms with E-state index in [1.54, 1.807) is 57.5 Å². The molecule has 0 bridgehead atoms. The van der Waals surface area contributed by atoms with Crippen molar-refractivity contribution in [2.45, 2.75) is 13.0 Å². The first-order valence-electron chi connectivity index (χ1n) is 7.08. The summed E-state index contributed by atoms with van der Waals surface area (Å²) in [6.45, 7) is 1.78. The quantitative estimate of drug-likeness (QED) is 0.843. The van der Waals surface area contributed by atoms with Crippen LogP contribution in [0.15, 0.2) is 42.5 Å². The third-order valence-electron chi connectivity index (χ3n) is 3.27. The molecule has 23 heavy (non-hydrogen) atoms. The van der Waals surface area contributed by atoms with Gasteiger partial charge >= 0.3 is 0 Å². The van der Waals surface area contributed by atoms with E-state index in [4.69, 9.17) is 21.1 Å². The monoisotopic (exact) mass is 334 g/mol. The number of ether oxygens (including phenoxy) is 2. The van der Waals surface area contributed by atoms with Crippen molar-refractivity contribution in [2.75, 3.05) is 24.9 Å². The number of nitrogens with one attached hydrogen (secondary N) is 2. The number of amides is 1. The topological polar surface area (TPSA) is 59.6 Å². The zero-order valence-corrected chi connectivity index (χ0v) is 14.0. The highest BCUT2D eigenvalue weighted by atomic mass is 35.5. The van der Waals surface area contributed by atoms with Gasteiger partial charge in [0.1, 0.15) is 6.04 Å². The zero-order valence-electron chi connectivity index (χ0n) is 13.2. The smallest absolute Gasteiger partial charge is 0.246 e. The SMILES string of the molecule is COc1ccc(N[C@@H](C)C(=O)Nc2ccc(Cl)cc2)cc1OC. The molecule has 0 heterocycles. The molecule has 1 amide bonds. The maximum atomic E-state index is 12.2. The summed E-state index contributed by atoms with van der Waals surface area (Å²) in [6, 6.07) is 11.9. The molecule has 0 fully saturated rings. The lowest BCUT2D eigenvalue weighted by Crippen LogP contribution is -2.31. The van der Waals surface area contributed by atoms with Crippen molar-refractivity contribution < 1.29 is 14.3 Å². The fourth-order valence-corrected chi connectivity index (χ4v) is 2.15. The number of anilines is 2. The summed E-state index contributed by atoms with van der Waals surface area (Å²) in [5.41, 5.74) is 1.46. The van der Waals surface area contributed by atoms with E-state index < -0.39 is 6.04 Å². The van der Waals surface area contributed by atoms with Crippen molar-refractivity contribution in [3.05, 3.63) is 47.5 Å². The predicted molar refractivity (Wildman–Crippen MR) is 92.7 cm³/mol. The molecular weight excluding hydrogens is 316 g/mol. The molecule has 0 saturated carbocycles. The van der Waals surface area contributed by atoms with E-state index >= 15 is 0 Å². The predicted octanol–water partition coefficient (Wildman–Crippen LogP) is 3.80. The van der Waals surface area contributed by atoms with Gasteiger partial charge in [0.2, 0.25) is 5.91 Å². The van der Waals surface area contributed by atoms with E-state index in [1.165, 1.54) is 0 Å². The van der Waals surface area contributed by atoms with Gasteiger partial charge in [-0.25, -0.2) is 0 Å². The number of methoxy groups -OCH3 is 2. The van der Waals surface area contributed by atoms with Crippen molar-refractivity contribution in [1.29, 1.82) is 0 Å². The number of carbonyl (C=O) groups excluding carboxylic acids is 1. The molecule has 2 rings (SSSR count). The second-order valence-electron chi connectivity index (χ2n) is 4.93. The van der Waals surface area contributed by atoms with Crippen LogP contribution in [0.4, 0.5) is 11.4 Å². The molecular formula is C17H19ClN2O3. The molecule has 2 aromatic carbocycles. The fourth-order valence-electron chi connectivity index (χ4n) is 2.03. The number of rotatable bonds is 6. The van der Waals surface area contributed by atoms with Gasteiger partial charge in [-0.2, -0.15) is 0 Å². The van der Waals surface area contributed by atoms with Crippen molar-refractivity contribution in [2.24, 2.45) is 0 Å². The van der Waals surface area contributed by atoms with Crippen LogP contribution in [0.1, 0.15) is 6.92 Å². The van der Waals surface area contributed by atoms with Crippen LogP contribution in [0.3, 0.4) is 0 Å². The van der Waals surface area contributed by atoms with Crippen molar-refractivity contribution in [3.63, 3.8) is 0 Å². The standard InChI is InChI=1S/C17H19ClN2O3/c1-11(17(21)20-13-6-4-12(18)5-7-13)19-14-8-9-15(22-2)16(10-14)23-3/h4-11,19H,1-3H3,(H,20,21)/t11-/m0/s1. The first kappa shape index (κ1) is 17.0. The number of hydrogen-bond donors (Lipinski definition) is 2. The normalized spacial score (nSPS) is 11.5. The summed E-state index contributed by atoms with van der Waals surface area (Å²) in [7, 11) is 3.14. The lowest BCUT2D eigenvalue weighted by atomic mass is 10.2. The van der Waals surface area contributed by atoms with Crippen LogP contribution in [-0.2, 0) is 4.79 Å². The molecule has 0 saturated heterocycles. The highest BCUT2D eigenvalue weighted by molar-refractivity contribution is 6.30. The molecule has 0 radical (unpaired) electrons. The van der Waals surface area contributed by atoms with Crippen LogP contribution < -0.4 is 20.1 Å². The number of halogens is 1. The molecule has 0 aliphatic rings. The van der Waals surface area contributed by atoms with Gasteiger partial charge in [0, 0.05) is 22.5 Å². The van der Waals surface area contributed by atoms with E-state index in [1.807, 2.05) is 6.07 Å². The van der Waals surface area contributed by atoms with E-state index in [2.05, 4.69) is 10.6 Å². The van der Waals surface area contributed by atoms with Crippen molar-refractivity contribution >= 4 is 28.9 Å². The molecule has 1 atom stereocenters. The molecule has 0 aliphatic heterocycles. The van der Waals surface area contributed by atoms with Crippen LogP contribution in [0, 0.1) is 0 Å². The van der Waals surface area contributed by atoms with Crippen LogP contribution in [0.2, 0.25) is 5.02 Å². The highest BCUT2D eigenvalue weighted by Crippen LogP contribution is 2.30. The van der Waals surface area contributed by atoms with Gasteiger partial charge in [-0.15, -0.1) is 0 Å². The minimum atomic E-state index is -0.427. The van der Waals surface area contributed by atoms with Crippen molar-refractivity contribution in [1.82, 2.24) is 0 Å². The van der Waals surface area contributed by atoms with Gasteiger partial charge in [-0.3, -0.25) is 4.79 Å². The molecule has 0 aromatic heterocycles. The lowest BCUT2D eigenvalue weighted by Gasteiger charge is -2.17. The van der Waals surface area contributed by atoms with Gasteiger partial charge in [0.15, 0.2) is 11.5 Å². The second-order valence-corrected chi connectivity index (χ2v) is 5.37. The Bertz CT molecular complexity index is 674. The summed E-state index contributed by atoms with van der Waals surface area (Å²) < 4.78 is 10.4. The van der Waals surface area contributed by atoms with Crippen LogP contribution in [0.25, 0.3) is 0 Å². The summed E-state index contributed by atoms with van der Waals surface area (Å²) in [4.78, 5) is 12.2. The van der Waals surface area contributed by atoms with Gasteiger partial charge in [-0.1, -0.05) is 11.6 Å². The number of benzene rings is 2.